The molecule has 0 aromatic heterocycles. The Labute approximate surface area is 507 Å². The molecule has 30 N–H and O–H groups in total. The van der Waals surface area contributed by atoms with Crippen molar-refractivity contribution < 1.29 is 357 Å². The van der Waals surface area contributed by atoms with Crippen molar-refractivity contribution in [3.63, 3.8) is 0 Å². The molecule has 0 amide bonds. The van der Waals surface area contributed by atoms with Crippen LogP contribution in [0.1, 0.15) is 0 Å². The van der Waals surface area contributed by atoms with Crippen molar-refractivity contribution in [2.45, 2.75) is 0 Å². The first-order valence-electron chi connectivity index (χ1n) is 11.0. The third-order valence-electron chi connectivity index (χ3n) is 0. The second-order valence-corrected chi connectivity index (χ2v) is 14.2. The summed E-state index contributed by atoms with van der Waals surface area (Å²) in [6, 6.07) is 0. The first-order chi connectivity index (χ1) is 29.4. The van der Waals surface area contributed by atoms with E-state index in [2.05, 4.69) is 0 Å². The number of rotatable bonds is 0. The molecule has 72 heavy (non-hydrogen) atoms. The fourth-order valence-corrected chi connectivity index (χ4v) is 0. The summed E-state index contributed by atoms with van der Waals surface area (Å²) in [7, 11) is -54.2. The van der Waals surface area contributed by atoms with Gasteiger partial charge < -0.3 is 172 Å². The molecule has 0 aliphatic rings. The average Bonchev–Trinajstić information content (AvgIpc) is 2.87. The van der Waals surface area contributed by atoms with Crippen LogP contribution in [0.5, 0.6) is 0 Å². The van der Waals surface area contributed by atoms with E-state index in [1.165, 1.54) is 0 Å². The van der Waals surface area contributed by atoms with E-state index in [4.69, 9.17) is 239 Å². The van der Waals surface area contributed by atoms with Crippen LogP contribution in [0.25, 0.3) is 0 Å². The molecule has 0 aromatic carbocycles. The molecule has 0 aliphatic heterocycles. The largest absolute Gasteiger partial charge is 1.00 e. The maximum Gasteiger partial charge on any atom is 1.00 e. The van der Waals surface area contributed by atoms with Crippen molar-refractivity contribution in [3.05, 3.63) is 0 Å². The average molecular weight is 1420 g/mol. The first kappa shape index (κ1) is 139. The van der Waals surface area contributed by atoms with E-state index in [0.717, 1.165) is 0 Å². The second-order valence-electron chi connectivity index (χ2n) is 4.74. The predicted molar refractivity (Wildman–Crippen MR) is 176 cm³/mol. The Balaban J connectivity index is -0.0000000201. The minimum absolute atomic E-state index is 0. The Hall–Kier alpha value is -2.51. The van der Waals surface area contributed by atoms with Crippen LogP contribution in [0.2, 0.25) is 0 Å². The van der Waals surface area contributed by atoms with Crippen molar-refractivity contribution in [1.82, 2.24) is 0 Å². The summed E-state index contributed by atoms with van der Waals surface area (Å²) in [4.78, 5) is 249. The molecule has 51 nitrogen and oxygen atoms in total. The maximum atomic E-state index is 8.74. The summed E-state index contributed by atoms with van der Waals surface area (Å²) < 4.78 is 148. The summed E-state index contributed by atoms with van der Waals surface area (Å²) in [5.41, 5.74) is 0. The normalized spacial score (nSPS) is 5.67. The summed E-state index contributed by atoms with van der Waals surface area (Å²) in [5.74, 6) is 0. The first-order valence-corrected chi connectivity index (χ1v) is 33.0. The molecule has 0 radical (unpaired) electrons. The van der Waals surface area contributed by atoms with E-state index in [0.29, 0.717) is 0 Å². The third-order valence-corrected chi connectivity index (χ3v) is 0. The molecule has 0 unspecified atom stereocenters. The van der Waals surface area contributed by atoms with Crippen molar-refractivity contribution in [2.24, 2.45) is 0 Å². The molecule has 0 atom stereocenters. The van der Waals surface area contributed by atoms with Crippen molar-refractivity contribution in [2.75, 3.05) is 0 Å². The molecule has 72 heteroatoms. The quantitative estimate of drug-likeness (QED) is 0.100. The molecular weight excluding hydrogens is 1390 g/mol. The summed E-state index contributed by atoms with van der Waals surface area (Å²) in [5, 5.41) is 0. The fourth-order valence-electron chi connectivity index (χ4n) is 0. The Bertz CT molecular complexity index is 886. The van der Waals surface area contributed by atoms with Gasteiger partial charge in [0.05, 0.1) is 0 Å². The Kier molecular flexibility index (Phi) is 255. The van der Waals surface area contributed by atoms with Gasteiger partial charge in [-0.25, -0.2) is 0 Å². The van der Waals surface area contributed by atoms with Gasteiger partial charge in [0.15, 0.2) is 0 Å². The summed E-state index contributed by atoms with van der Waals surface area (Å²) in [6.07, 6.45) is 0. The van der Waals surface area contributed by atoms with Gasteiger partial charge in [-0.3, -0.25) is 66.9 Å². The third kappa shape index (κ3) is 47200. The smallest absolute Gasteiger partial charge is 0.672 e. The van der Waals surface area contributed by atoms with E-state index in [1.807, 2.05) is 0 Å². The second kappa shape index (κ2) is 133. The minimum Gasteiger partial charge on any atom is -0.672 e. The van der Waals surface area contributed by atoms with Gasteiger partial charge in [-0.05, 0) is 0 Å². The van der Waals surface area contributed by atoms with Gasteiger partial charge >= 0.3 is 256 Å². The van der Waals surface area contributed by atoms with Crippen LogP contribution in [0.3, 0.4) is 0 Å². The Morgan fingerprint density at radius 2 is 0.139 bits per heavy atom. The van der Waals surface area contributed by atoms with Gasteiger partial charge in [0.1, 0.15) is 0 Å². The Morgan fingerprint density at radius 3 is 0.139 bits per heavy atom. The topological polar surface area (TPSA) is 989 Å². The predicted octanol–water partition coefficient (Wildman–Crippen LogP) is -41.9. The molecule has 0 spiro atoms. The monoisotopic (exact) mass is 1410 g/mol. The van der Waals surface area contributed by atoms with Gasteiger partial charge in [-0.1, -0.05) is 0 Å². The maximum absolute atomic E-state index is 8.74. The summed E-state index contributed by atoms with van der Waals surface area (Å²) in [6.45, 7) is 0. The standard InChI is InChI=1S/4Na.15H2O3Si.2O3Si/c;;;;17*1-4(2)3/h;;;;15*1-2H;;/q4*+1;;;;;;;;;;;;;;;;2*-2. The molecule has 0 saturated carbocycles. The SMILES string of the molecule is O=[Si](O)O.O=[Si](O)O.O=[Si](O)O.O=[Si](O)O.O=[Si](O)O.O=[Si](O)O.O=[Si](O)O.O=[Si](O)O.O=[Si](O)O.O=[Si](O)O.O=[Si](O)O.O=[Si](O)O.O=[Si](O)O.O=[Si](O)O.O=[Si](O)O.O=[Si]([O-])[O-].O=[Si]([O-])[O-].[Na+].[Na+].[Na+].[Na+]. The van der Waals surface area contributed by atoms with Gasteiger partial charge in [0, 0.05) is 18.3 Å². The van der Waals surface area contributed by atoms with Gasteiger partial charge in [-0.15, -0.1) is 0 Å². The van der Waals surface area contributed by atoms with Gasteiger partial charge in [0.2, 0.25) is 0 Å². The molecule has 408 valence electrons. The zero-order valence-corrected chi connectivity index (χ0v) is 59.5. The fraction of sp³-hybridized carbons (Fsp3) is 0. The van der Waals surface area contributed by atoms with Crippen LogP contribution in [0, 0.1) is 0 Å². The van der Waals surface area contributed by atoms with Crippen molar-refractivity contribution >= 4 is 156 Å². The Morgan fingerprint density at radius 1 is 0.139 bits per heavy atom. The van der Waals surface area contributed by atoms with Crippen LogP contribution in [-0.2, 0) is 75.9 Å². The molecule has 0 fully saturated rings. The number of hydrogen-bond donors (Lipinski definition) is 30. The van der Waals surface area contributed by atoms with Crippen LogP contribution in [0.4, 0.5) is 0 Å². The molecule has 0 rings (SSSR count). The van der Waals surface area contributed by atoms with E-state index in [-0.39, 0.29) is 118 Å². The van der Waals surface area contributed by atoms with Crippen LogP contribution in [-0.4, -0.2) is 300 Å². The van der Waals surface area contributed by atoms with E-state index in [9.17, 15) is 0 Å². The van der Waals surface area contributed by atoms with Crippen molar-refractivity contribution in [3.8, 4) is 0 Å². The zero-order chi connectivity index (χ0) is 60.8. The van der Waals surface area contributed by atoms with Crippen molar-refractivity contribution in [1.29, 1.82) is 0 Å². The van der Waals surface area contributed by atoms with E-state index in [1.54, 1.807) is 0 Å². The molecule has 0 aliphatic carbocycles. The van der Waals surface area contributed by atoms with Crippen LogP contribution in [0.15, 0.2) is 0 Å². The minimum atomic E-state index is -3.63. The molecule has 0 heterocycles. The summed E-state index contributed by atoms with van der Waals surface area (Å²) >= 11 is 0. The van der Waals surface area contributed by atoms with E-state index < -0.39 is 156 Å². The van der Waals surface area contributed by atoms with Gasteiger partial charge in [0.25, 0.3) is 0 Å². The van der Waals surface area contributed by atoms with Crippen LogP contribution >= 0.6 is 0 Å². The number of hydrogen-bond acceptors (Lipinski definition) is 21. The van der Waals surface area contributed by atoms with Crippen LogP contribution < -0.4 is 137 Å². The van der Waals surface area contributed by atoms with Gasteiger partial charge in [-0.2, -0.15) is 0 Å². The molecular formula is H30Na4O51Si17. The molecule has 0 saturated heterocycles. The molecule has 0 aromatic rings. The zero-order valence-electron chi connectivity index (χ0n) is 34.5. The van der Waals surface area contributed by atoms with E-state index >= 15 is 0 Å². The molecule has 0 bridgehead atoms.